The highest BCUT2D eigenvalue weighted by Crippen LogP contribution is 1.93. The van der Waals surface area contributed by atoms with Gasteiger partial charge in [0.15, 0.2) is 0 Å². The van der Waals surface area contributed by atoms with E-state index in [0.717, 1.165) is 25.0 Å². The molecule has 6 nitrogen and oxygen atoms in total. The number of aliphatic hydroxyl groups excluding tert-OH is 1. The van der Waals surface area contributed by atoms with Gasteiger partial charge in [-0.15, -0.1) is 0 Å². The third kappa shape index (κ3) is 18.7. The number of hydrogen-bond donors (Lipinski definition) is 1. The molecule has 116 valence electrons. The number of rotatable bonds is 10. The van der Waals surface area contributed by atoms with E-state index in [9.17, 15) is 9.59 Å². The van der Waals surface area contributed by atoms with Crippen LogP contribution in [0.3, 0.4) is 0 Å². The molecule has 0 atom stereocenters. The molecule has 20 heavy (non-hydrogen) atoms. The Morgan fingerprint density at radius 1 is 1.05 bits per heavy atom. The Bertz CT molecular complexity index is 249. The molecule has 0 aliphatic rings. The molecular weight excluding hydrogens is 264 g/mol. The van der Waals surface area contributed by atoms with Gasteiger partial charge in [-0.05, 0) is 19.3 Å². The Labute approximate surface area is 119 Å². The van der Waals surface area contributed by atoms with E-state index in [-0.39, 0.29) is 6.61 Å². The third-order valence-corrected chi connectivity index (χ3v) is 1.85. The number of carbonyl (C=O) groups is 2. The summed E-state index contributed by atoms with van der Waals surface area (Å²) < 4.78 is 4.70. The molecule has 6 heteroatoms. The van der Waals surface area contributed by atoms with Gasteiger partial charge in [-0.1, -0.05) is 26.5 Å². The lowest BCUT2D eigenvalue weighted by molar-refractivity contribution is -0.267. The van der Waals surface area contributed by atoms with Crippen LogP contribution in [0.1, 0.15) is 32.6 Å². The summed E-state index contributed by atoms with van der Waals surface area (Å²) in [5.41, 5.74) is 0. The van der Waals surface area contributed by atoms with Gasteiger partial charge in [0.25, 0.3) is 0 Å². The minimum atomic E-state index is -0.631. The molecule has 0 amide bonds. The summed E-state index contributed by atoms with van der Waals surface area (Å²) in [6, 6.07) is 0. The van der Waals surface area contributed by atoms with Gasteiger partial charge in [0.1, 0.15) is 0 Å². The van der Waals surface area contributed by atoms with Gasteiger partial charge in [-0.3, -0.25) is 4.89 Å². The Morgan fingerprint density at radius 2 is 1.65 bits per heavy atom. The third-order valence-electron chi connectivity index (χ3n) is 1.85. The van der Waals surface area contributed by atoms with Crippen LogP contribution in [0, 0.1) is 0 Å². The quantitative estimate of drug-likeness (QED) is 0.217. The van der Waals surface area contributed by atoms with Gasteiger partial charge < -0.3 is 9.84 Å². The van der Waals surface area contributed by atoms with Crippen molar-refractivity contribution in [1.29, 1.82) is 0 Å². The lowest BCUT2D eigenvalue weighted by Gasteiger charge is -2.02. The van der Waals surface area contributed by atoms with Gasteiger partial charge in [-0.2, -0.15) is 4.89 Å². The van der Waals surface area contributed by atoms with Crippen LogP contribution in [0.2, 0.25) is 0 Å². The number of ether oxygens (including phenoxy) is 1. The van der Waals surface area contributed by atoms with E-state index < -0.39 is 11.9 Å². The van der Waals surface area contributed by atoms with Crippen LogP contribution in [-0.2, 0) is 24.1 Å². The van der Waals surface area contributed by atoms with Gasteiger partial charge >= 0.3 is 11.9 Å². The standard InChI is InChI=1S/C10H14O5.C4H10O/c1-3-9(11)13-7-5-6-8-14-15-10(12)4-2;1-2-3-4-5/h3-4H,1-2,5-8H2;5H,2-4H2,1H3. The zero-order valence-corrected chi connectivity index (χ0v) is 12.0. The highest BCUT2D eigenvalue weighted by atomic mass is 17.2. The zero-order valence-electron chi connectivity index (χ0n) is 12.0. The summed E-state index contributed by atoms with van der Waals surface area (Å²) in [6.45, 7) is 9.39. The van der Waals surface area contributed by atoms with Crippen molar-refractivity contribution in [3.63, 3.8) is 0 Å². The number of aliphatic hydroxyl groups is 1. The zero-order chi connectivity index (χ0) is 15.6. The summed E-state index contributed by atoms with van der Waals surface area (Å²) in [5.74, 6) is -1.08. The fraction of sp³-hybridized carbons (Fsp3) is 0.571. The maximum atomic E-state index is 10.6. The smallest absolute Gasteiger partial charge is 0.365 e. The molecule has 0 radical (unpaired) electrons. The monoisotopic (exact) mass is 288 g/mol. The molecule has 0 heterocycles. The van der Waals surface area contributed by atoms with Crippen LogP contribution in [0.25, 0.3) is 0 Å². The van der Waals surface area contributed by atoms with Crippen molar-refractivity contribution >= 4 is 11.9 Å². The van der Waals surface area contributed by atoms with Gasteiger partial charge in [0, 0.05) is 18.8 Å². The van der Waals surface area contributed by atoms with Crippen LogP contribution in [-0.4, -0.2) is 36.9 Å². The van der Waals surface area contributed by atoms with Crippen LogP contribution >= 0.6 is 0 Å². The summed E-state index contributed by atoms with van der Waals surface area (Å²) in [5, 5.41) is 8.07. The molecule has 0 aliphatic carbocycles. The first kappa shape index (κ1) is 20.7. The van der Waals surface area contributed by atoms with Crippen LogP contribution in [0.5, 0.6) is 0 Å². The molecule has 0 bridgehead atoms. The van der Waals surface area contributed by atoms with E-state index in [1.54, 1.807) is 0 Å². The molecule has 0 rings (SSSR count). The van der Waals surface area contributed by atoms with Gasteiger partial charge in [-0.25, -0.2) is 9.59 Å². The summed E-state index contributed by atoms with van der Waals surface area (Å²) in [4.78, 5) is 29.9. The number of hydrogen-bond acceptors (Lipinski definition) is 6. The van der Waals surface area contributed by atoms with Crippen molar-refractivity contribution in [2.45, 2.75) is 32.6 Å². The van der Waals surface area contributed by atoms with Crippen LogP contribution < -0.4 is 0 Å². The van der Waals surface area contributed by atoms with Crippen molar-refractivity contribution in [2.75, 3.05) is 19.8 Å². The van der Waals surface area contributed by atoms with Crippen molar-refractivity contribution in [3.05, 3.63) is 25.3 Å². The first-order valence-electron chi connectivity index (χ1n) is 6.48. The number of carbonyl (C=O) groups excluding carboxylic acids is 2. The Kier molecular flexibility index (Phi) is 17.9. The molecule has 0 aromatic carbocycles. The normalized spacial score (nSPS) is 8.90. The van der Waals surface area contributed by atoms with E-state index >= 15 is 0 Å². The summed E-state index contributed by atoms with van der Waals surface area (Å²) in [6.07, 6.45) is 5.39. The largest absolute Gasteiger partial charge is 0.463 e. The van der Waals surface area contributed by atoms with Crippen molar-refractivity contribution in [3.8, 4) is 0 Å². The second-order valence-electron chi connectivity index (χ2n) is 3.58. The Morgan fingerprint density at radius 3 is 2.10 bits per heavy atom. The van der Waals surface area contributed by atoms with Gasteiger partial charge in [0.2, 0.25) is 0 Å². The number of esters is 1. The second kappa shape index (κ2) is 17.3. The minimum absolute atomic E-state index is 0.255. The molecule has 0 aromatic rings. The molecular formula is C14H24O6. The fourth-order valence-corrected chi connectivity index (χ4v) is 0.787. The highest BCUT2D eigenvalue weighted by Gasteiger charge is 1.97. The van der Waals surface area contributed by atoms with E-state index in [4.69, 9.17) is 9.84 Å². The molecule has 0 aliphatic heterocycles. The Balaban J connectivity index is 0. The summed E-state index contributed by atoms with van der Waals surface area (Å²) >= 11 is 0. The molecule has 1 N–H and O–H groups in total. The number of unbranched alkanes of at least 4 members (excludes halogenated alkanes) is 2. The lowest BCUT2D eigenvalue weighted by atomic mass is 10.3. The lowest BCUT2D eigenvalue weighted by Crippen LogP contribution is -2.05. The highest BCUT2D eigenvalue weighted by molar-refractivity contribution is 5.81. The molecule has 0 spiro atoms. The van der Waals surface area contributed by atoms with Crippen LogP contribution in [0.15, 0.2) is 25.3 Å². The van der Waals surface area contributed by atoms with E-state index in [1.165, 1.54) is 0 Å². The van der Waals surface area contributed by atoms with Crippen molar-refractivity contribution in [1.82, 2.24) is 0 Å². The minimum Gasteiger partial charge on any atom is -0.463 e. The predicted molar refractivity (Wildman–Crippen MR) is 74.6 cm³/mol. The first-order valence-corrected chi connectivity index (χ1v) is 6.48. The topological polar surface area (TPSA) is 82.1 Å². The molecule has 0 unspecified atom stereocenters. The predicted octanol–water partition coefficient (Wildman–Crippen LogP) is 1.94. The fourth-order valence-electron chi connectivity index (χ4n) is 0.787. The SMILES string of the molecule is C=CC(=O)OCCCCOOC(=O)C=C.CCCCO. The second-order valence-corrected chi connectivity index (χ2v) is 3.58. The summed E-state index contributed by atoms with van der Waals surface area (Å²) in [7, 11) is 0. The maximum Gasteiger partial charge on any atom is 0.365 e. The first-order chi connectivity index (χ1) is 9.62. The van der Waals surface area contributed by atoms with Crippen molar-refractivity contribution in [2.24, 2.45) is 0 Å². The van der Waals surface area contributed by atoms with Gasteiger partial charge in [0.05, 0.1) is 13.2 Å². The molecule has 0 aromatic heterocycles. The van der Waals surface area contributed by atoms with E-state index in [1.807, 2.05) is 0 Å². The maximum absolute atomic E-state index is 10.6. The molecule has 0 saturated carbocycles. The average molecular weight is 288 g/mol. The molecule has 0 fully saturated rings. The van der Waals surface area contributed by atoms with Crippen molar-refractivity contribution < 1.29 is 29.2 Å². The van der Waals surface area contributed by atoms with Crippen LogP contribution in [0.4, 0.5) is 0 Å². The molecule has 0 saturated heterocycles. The average Bonchev–Trinajstić information content (AvgIpc) is 2.47. The van der Waals surface area contributed by atoms with E-state index in [0.29, 0.717) is 26.1 Å². The Hall–Kier alpha value is -1.66. The van der Waals surface area contributed by atoms with E-state index in [2.05, 4.69) is 29.9 Å².